The summed E-state index contributed by atoms with van der Waals surface area (Å²) in [6.07, 6.45) is 1.47. The number of rotatable bonds is 18. The van der Waals surface area contributed by atoms with Gasteiger partial charge in [-0.15, -0.1) is 22.7 Å². The van der Waals surface area contributed by atoms with Gasteiger partial charge in [0.2, 0.25) is 0 Å². The molecule has 0 aliphatic carbocycles. The minimum Gasteiger partial charge on any atom is -0.377 e. The zero-order chi connectivity index (χ0) is 35.8. The van der Waals surface area contributed by atoms with E-state index in [-0.39, 0.29) is 0 Å². The van der Waals surface area contributed by atoms with Crippen LogP contribution in [0, 0.1) is 0 Å². The topological polar surface area (TPSA) is 81.2 Å². The van der Waals surface area contributed by atoms with E-state index in [0.29, 0.717) is 12.1 Å². The molecule has 0 spiro atoms. The lowest BCUT2D eigenvalue weighted by atomic mass is 10.1. The van der Waals surface area contributed by atoms with Gasteiger partial charge in [0.15, 0.2) is 0 Å². The van der Waals surface area contributed by atoms with E-state index >= 15 is 0 Å². The first-order chi connectivity index (χ1) is 24.9. The van der Waals surface area contributed by atoms with E-state index in [1.54, 1.807) is 96.7 Å². The summed E-state index contributed by atoms with van der Waals surface area (Å²) in [6, 6.07) is 30.9. The molecule has 51 heavy (non-hydrogen) atoms. The number of nitrogens with zero attached hydrogens (tertiary/aromatic N) is 2. The lowest BCUT2D eigenvalue weighted by Gasteiger charge is -2.25. The molecular formula is C36H40N2O6S5Si2. The Morgan fingerprint density at radius 3 is 1.27 bits per heavy atom. The third-order valence-electron chi connectivity index (χ3n) is 8.76. The van der Waals surface area contributed by atoms with E-state index in [2.05, 4.69) is 72.8 Å². The number of hydrogen-bond acceptors (Lipinski definition) is 13. The van der Waals surface area contributed by atoms with Crippen molar-refractivity contribution in [3.05, 3.63) is 96.1 Å². The van der Waals surface area contributed by atoms with Gasteiger partial charge in [0.05, 0.1) is 20.4 Å². The second kappa shape index (κ2) is 17.8. The second-order valence-corrected chi connectivity index (χ2v) is 23.6. The first-order valence-electron chi connectivity index (χ1n) is 16.2. The Morgan fingerprint density at radius 1 is 0.510 bits per heavy atom. The molecule has 15 heteroatoms. The Kier molecular flexibility index (Phi) is 13.5. The smallest absolute Gasteiger partial charge is 0.377 e. The van der Waals surface area contributed by atoms with Crippen LogP contribution in [0.2, 0.25) is 12.1 Å². The largest absolute Gasteiger partial charge is 0.500 e. The van der Waals surface area contributed by atoms with Crippen molar-refractivity contribution in [3.63, 3.8) is 0 Å². The Labute approximate surface area is 321 Å². The Bertz CT molecular complexity index is 1840. The molecule has 0 fully saturated rings. The number of thiazole rings is 2. The van der Waals surface area contributed by atoms with Gasteiger partial charge in [0.25, 0.3) is 0 Å². The fraction of sp³-hybridized carbons (Fsp3) is 0.278. The van der Waals surface area contributed by atoms with Crippen LogP contribution in [0.25, 0.3) is 41.6 Å². The summed E-state index contributed by atoms with van der Waals surface area (Å²) in [6.45, 7) is 0. The van der Waals surface area contributed by atoms with Gasteiger partial charge in [-0.2, -0.15) is 0 Å². The average Bonchev–Trinajstić information content (AvgIpc) is 3.81. The van der Waals surface area contributed by atoms with E-state index in [9.17, 15) is 0 Å². The molecule has 0 atom stereocenters. The normalized spacial score (nSPS) is 12.4. The molecule has 6 aromatic rings. The first-order valence-corrected chi connectivity index (χ1v) is 25.2. The minimum atomic E-state index is -2.78. The molecule has 4 aromatic carbocycles. The quantitative estimate of drug-likeness (QED) is 0.0615. The van der Waals surface area contributed by atoms with Gasteiger partial charge in [0, 0.05) is 75.7 Å². The van der Waals surface area contributed by atoms with Crippen molar-refractivity contribution in [3.8, 4) is 21.1 Å². The fourth-order valence-electron chi connectivity index (χ4n) is 5.93. The fourth-order valence-corrected chi connectivity index (χ4v) is 15.6. The zero-order valence-corrected chi connectivity index (χ0v) is 35.4. The van der Waals surface area contributed by atoms with Crippen molar-refractivity contribution in [2.24, 2.45) is 0 Å². The summed E-state index contributed by atoms with van der Waals surface area (Å²) in [5.74, 6) is 0. The minimum absolute atomic E-state index is 0.655. The Morgan fingerprint density at radius 2 is 0.902 bits per heavy atom. The summed E-state index contributed by atoms with van der Waals surface area (Å²) in [5.41, 5.74) is 6.66. The van der Waals surface area contributed by atoms with Gasteiger partial charge in [-0.3, -0.25) is 0 Å². The lowest BCUT2D eigenvalue weighted by Crippen LogP contribution is -2.43. The van der Waals surface area contributed by atoms with E-state index in [0.717, 1.165) is 64.2 Å². The van der Waals surface area contributed by atoms with Gasteiger partial charge in [-0.25, -0.2) is 9.97 Å². The molecule has 0 saturated carbocycles. The highest BCUT2D eigenvalue weighted by Gasteiger charge is 2.38. The highest BCUT2D eigenvalue weighted by atomic mass is 33.5. The summed E-state index contributed by atoms with van der Waals surface area (Å²) < 4.78 is 37.0. The van der Waals surface area contributed by atoms with Gasteiger partial charge >= 0.3 is 17.6 Å². The molecule has 0 aliphatic rings. The van der Waals surface area contributed by atoms with Gasteiger partial charge in [-0.05, 0) is 91.8 Å². The van der Waals surface area contributed by atoms with Crippen LogP contribution in [-0.4, -0.2) is 70.2 Å². The van der Waals surface area contributed by atoms with Crippen molar-refractivity contribution in [2.45, 2.75) is 34.7 Å². The third-order valence-corrected chi connectivity index (χ3v) is 20.2. The summed E-state index contributed by atoms with van der Waals surface area (Å²) >= 11 is 3.44. The van der Waals surface area contributed by atoms with Crippen molar-refractivity contribution >= 4 is 92.1 Å². The van der Waals surface area contributed by atoms with Crippen LogP contribution < -0.4 is 0 Å². The molecule has 0 N–H and O–H groups in total. The predicted molar refractivity (Wildman–Crippen MR) is 220 cm³/mol. The number of fused-ring (bicyclic) bond motifs is 2. The van der Waals surface area contributed by atoms with E-state index in [1.165, 1.54) is 11.1 Å². The van der Waals surface area contributed by atoms with Crippen molar-refractivity contribution in [1.82, 2.24) is 9.97 Å². The van der Waals surface area contributed by atoms with Crippen LogP contribution in [0.4, 0.5) is 0 Å². The van der Waals surface area contributed by atoms with E-state index in [4.69, 9.17) is 36.5 Å². The number of aromatic nitrogens is 2. The van der Waals surface area contributed by atoms with Gasteiger partial charge in [0.1, 0.15) is 10.0 Å². The highest BCUT2D eigenvalue weighted by Crippen LogP contribution is 2.52. The molecule has 0 saturated heterocycles. The molecule has 0 amide bonds. The van der Waals surface area contributed by atoms with Crippen LogP contribution in [0.15, 0.2) is 94.7 Å². The average molecular weight is 813 g/mol. The summed E-state index contributed by atoms with van der Waals surface area (Å²) in [4.78, 5) is 12.5. The van der Waals surface area contributed by atoms with Gasteiger partial charge < -0.3 is 26.6 Å². The molecule has 268 valence electrons. The van der Waals surface area contributed by atoms with Crippen molar-refractivity contribution < 1.29 is 26.6 Å². The van der Waals surface area contributed by atoms with Crippen LogP contribution in [-0.2, 0) is 39.4 Å². The lowest BCUT2D eigenvalue weighted by molar-refractivity contribution is 0.123. The number of hydrogen-bond donors (Lipinski definition) is 0. The van der Waals surface area contributed by atoms with Gasteiger partial charge in [-0.1, -0.05) is 48.5 Å². The molecule has 0 unspecified atom stereocenters. The molecule has 0 bridgehead atoms. The standard InChI is InChI=1S/C36H40N2O6S5Si2/c1-39-50(40-2,41-3)23-21-25-13-11-19-31(33(25)35-37-27-15-7-9-17-29(27)45-35)47-49-48-32-20-12-14-26(22-24-51(42-4,43-5)44-6)34(32)36-38-28-16-8-10-18-30(28)46-36/h7-20H,21-24H2,1-6H3. The Hall–Kier alpha value is -2.10. The van der Waals surface area contributed by atoms with E-state index in [1.807, 2.05) is 12.1 Å². The zero-order valence-electron chi connectivity index (χ0n) is 29.3. The van der Waals surface area contributed by atoms with Crippen LogP contribution >= 0.6 is 54.1 Å². The van der Waals surface area contributed by atoms with E-state index < -0.39 is 17.6 Å². The SMILES string of the molecule is CO[Si](CCc1cccc(SSSc2cccc(CC[Si](OC)(OC)OC)c2-c2nc3ccccc3s2)c1-c1nc2ccccc2s1)(OC)OC. The van der Waals surface area contributed by atoms with Crippen molar-refractivity contribution in [1.29, 1.82) is 0 Å². The second-order valence-electron chi connectivity index (χ2n) is 11.4. The van der Waals surface area contributed by atoms with Crippen LogP contribution in [0.5, 0.6) is 0 Å². The molecule has 6 rings (SSSR count). The molecule has 8 nitrogen and oxygen atoms in total. The summed E-state index contributed by atoms with van der Waals surface area (Å²) in [7, 11) is 9.64. The highest BCUT2D eigenvalue weighted by molar-refractivity contribution is 9.09. The first kappa shape index (κ1) is 38.6. The van der Waals surface area contributed by atoms with Crippen LogP contribution in [0.1, 0.15) is 11.1 Å². The summed E-state index contributed by atoms with van der Waals surface area (Å²) in [5, 5.41) is 2.00. The van der Waals surface area contributed by atoms with Crippen LogP contribution in [0.3, 0.4) is 0 Å². The molecular weight excluding hydrogens is 773 g/mol. The molecule has 0 aliphatic heterocycles. The number of aryl methyl sites for hydroxylation is 2. The number of para-hydroxylation sites is 2. The third kappa shape index (κ3) is 8.67. The predicted octanol–water partition coefficient (Wildman–Crippen LogP) is 10.5. The maximum absolute atomic E-state index is 5.77. The molecule has 2 aromatic heterocycles. The molecule has 2 heterocycles. The maximum atomic E-state index is 5.77. The number of benzene rings is 4. The Balaban J connectivity index is 1.33. The molecule has 0 radical (unpaired) electrons. The van der Waals surface area contributed by atoms with Crippen molar-refractivity contribution in [2.75, 3.05) is 42.7 Å². The monoisotopic (exact) mass is 812 g/mol. The maximum Gasteiger partial charge on any atom is 0.500 e.